The van der Waals surface area contributed by atoms with Crippen LogP contribution in [0.25, 0.3) is 0 Å². The summed E-state index contributed by atoms with van der Waals surface area (Å²) in [6.45, 7) is 2.89. The molecule has 0 aromatic heterocycles. The van der Waals surface area contributed by atoms with Crippen LogP contribution in [0.2, 0.25) is 0 Å². The fourth-order valence-corrected chi connectivity index (χ4v) is 4.41. The number of esters is 1. The van der Waals surface area contributed by atoms with E-state index in [-0.39, 0.29) is 13.2 Å². The molecule has 1 aliphatic rings. The van der Waals surface area contributed by atoms with Crippen LogP contribution in [0.5, 0.6) is 0 Å². The van der Waals surface area contributed by atoms with Gasteiger partial charge in [-0.25, -0.2) is 4.18 Å². The summed E-state index contributed by atoms with van der Waals surface area (Å²) in [6.07, 6.45) is 2.72. The van der Waals surface area contributed by atoms with Crippen molar-refractivity contribution >= 4 is 16.4 Å². The monoisotopic (exact) mass is 544 g/mol. The number of ether oxygens (including phenoxy) is 4. The lowest BCUT2D eigenvalue weighted by Gasteiger charge is -2.41. The van der Waals surface area contributed by atoms with Gasteiger partial charge in [-0.1, -0.05) is 64.7 Å². The van der Waals surface area contributed by atoms with Gasteiger partial charge in [0.15, 0.2) is 6.29 Å². The van der Waals surface area contributed by atoms with E-state index in [1.165, 1.54) is 51.9 Å². The highest BCUT2D eigenvalue weighted by Crippen LogP contribution is 2.25. The predicted octanol–water partition coefficient (Wildman–Crippen LogP) is 1.50. The molecule has 1 heterocycles. The van der Waals surface area contributed by atoms with E-state index < -0.39 is 59.8 Å². The second-order valence-corrected chi connectivity index (χ2v) is 10.1. The minimum atomic E-state index is -5.02. The molecule has 6 unspecified atom stereocenters. The zero-order valence-corrected chi connectivity index (χ0v) is 22.1. The van der Waals surface area contributed by atoms with Crippen molar-refractivity contribution in [2.24, 2.45) is 0 Å². The van der Waals surface area contributed by atoms with Crippen molar-refractivity contribution < 1.29 is 56.2 Å². The fourth-order valence-electron chi connectivity index (χ4n) is 3.90. The molecule has 0 aromatic carbocycles. The van der Waals surface area contributed by atoms with Gasteiger partial charge >= 0.3 is 16.4 Å². The van der Waals surface area contributed by atoms with Gasteiger partial charge in [0.2, 0.25) is 0 Å². The van der Waals surface area contributed by atoms with E-state index in [0.29, 0.717) is 6.61 Å². The van der Waals surface area contributed by atoms with Gasteiger partial charge in [0, 0.05) is 13.5 Å². The summed E-state index contributed by atoms with van der Waals surface area (Å²) in [7, 11) is -5.02. The van der Waals surface area contributed by atoms with Crippen molar-refractivity contribution in [2.75, 3.05) is 26.4 Å². The number of hydrogen-bond donors (Lipinski definition) is 4. The quantitative estimate of drug-likeness (QED) is 0.0987. The summed E-state index contributed by atoms with van der Waals surface area (Å²) in [4.78, 5) is 11.4. The zero-order chi connectivity index (χ0) is 27.0. The molecule has 4 N–H and O–H groups in total. The second-order valence-electron chi connectivity index (χ2n) is 9.02. The molecule has 1 fully saturated rings. The first-order valence-corrected chi connectivity index (χ1v) is 14.1. The minimum Gasteiger partial charge on any atom is -0.458 e. The maximum Gasteiger partial charge on any atom is 0.397 e. The highest BCUT2D eigenvalue weighted by molar-refractivity contribution is 7.80. The largest absolute Gasteiger partial charge is 0.458 e. The van der Waals surface area contributed by atoms with E-state index in [0.717, 1.165) is 19.3 Å². The van der Waals surface area contributed by atoms with Crippen LogP contribution in [0.4, 0.5) is 0 Å². The van der Waals surface area contributed by atoms with Gasteiger partial charge in [0.25, 0.3) is 0 Å². The third-order valence-electron chi connectivity index (χ3n) is 5.78. The van der Waals surface area contributed by atoms with Gasteiger partial charge in [-0.05, 0) is 6.42 Å². The zero-order valence-electron chi connectivity index (χ0n) is 21.3. The van der Waals surface area contributed by atoms with E-state index in [1.54, 1.807) is 0 Å². The third-order valence-corrected chi connectivity index (χ3v) is 6.24. The number of aliphatic hydroxyl groups is 3. The van der Waals surface area contributed by atoms with Crippen LogP contribution in [0, 0.1) is 0 Å². The van der Waals surface area contributed by atoms with Gasteiger partial charge in [0.05, 0.1) is 19.8 Å². The molecule has 1 saturated heterocycles. The molecular weight excluding hydrogens is 500 g/mol. The van der Waals surface area contributed by atoms with E-state index in [4.69, 9.17) is 23.5 Å². The van der Waals surface area contributed by atoms with Crippen LogP contribution in [0.15, 0.2) is 0 Å². The fraction of sp³-hybridized carbons (Fsp3) is 0.957. The van der Waals surface area contributed by atoms with Crippen LogP contribution < -0.4 is 0 Å². The number of unbranched alkanes of at least 4 members (excludes halogenated alkanes) is 9. The second kappa shape index (κ2) is 18.4. The Balaban J connectivity index is 2.40. The molecule has 13 heteroatoms. The summed E-state index contributed by atoms with van der Waals surface area (Å²) in [5.41, 5.74) is 0. The third kappa shape index (κ3) is 14.1. The van der Waals surface area contributed by atoms with E-state index in [1.807, 2.05) is 0 Å². The Bertz CT molecular complexity index is 689. The van der Waals surface area contributed by atoms with Gasteiger partial charge < -0.3 is 34.3 Å². The molecule has 0 saturated carbocycles. The van der Waals surface area contributed by atoms with Crippen LogP contribution in [-0.4, -0.2) is 97.5 Å². The number of hydrogen-bond acceptors (Lipinski definition) is 11. The average Bonchev–Trinajstić information content (AvgIpc) is 2.80. The first kappa shape index (κ1) is 33.1. The summed E-state index contributed by atoms with van der Waals surface area (Å²) in [6, 6.07) is 0. The molecule has 6 atom stereocenters. The minimum absolute atomic E-state index is 0.0246. The van der Waals surface area contributed by atoms with E-state index in [9.17, 15) is 28.5 Å². The number of rotatable bonds is 20. The van der Waals surface area contributed by atoms with E-state index in [2.05, 4.69) is 11.1 Å². The van der Waals surface area contributed by atoms with Crippen LogP contribution in [0.3, 0.4) is 0 Å². The summed E-state index contributed by atoms with van der Waals surface area (Å²) in [5.74, 6) is -0.576. The lowest BCUT2D eigenvalue weighted by atomic mass is 9.99. The lowest BCUT2D eigenvalue weighted by Crippen LogP contribution is -2.60. The van der Waals surface area contributed by atoms with Crippen molar-refractivity contribution in [3.05, 3.63) is 0 Å². The molecule has 1 aliphatic heterocycles. The highest BCUT2D eigenvalue weighted by atomic mass is 32.3. The molecule has 1 rings (SSSR count). The van der Waals surface area contributed by atoms with Crippen molar-refractivity contribution in [3.63, 3.8) is 0 Å². The predicted molar refractivity (Wildman–Crippen MR) is 128 cm³/mol. The topological polar surface area (TPSA) is 178 Å². The molecule has 214 valence electrons. The standard InChI is InChI=1S/C23H44O12S/c1-3-4-5-6-7-8-9-10-11-12-13-31-15-18(33-17(2)25)16-32-23-21(27)22(35-36(28,29)30)20(26)19(14-24)34-23/h18-24,26-27H,3-16H2,1-2H3,(H,28,29,30). The maximum atomic E-state index is 11.4. The maximum absolute atomic E-state index is 11.4. The first-order valence-electron chi connectivity index (χ1n) is 12.7. The van der Waals surface area contributed by atoms with Crippen molar-refractivity contribution in [1.29, 1.82) is 0 Å². The van der Waals surface area contributed by atoms with Crippen LogP contribution >= 0.6 is 0 Å². The van der Waals surface area contributed by atoms with Gasteiger partial charge in [-0.2, -0.15) is 8.42 Å². The molecule has 0 radical (unpaired) electrons. The molecule has 0 spiro atoms. The first-order chi connectivity index (χ1) is 17.1. The molecule has 12 nitrogen and oxygen atoms in total. The van der Waals surface area contributed by atoms with E-state index >= 15 is 0 Å². The Hall–Kier alpha value is -0.900. The summed E-state index contributed by atoms with van der Waals surface area (Å²) < 4.78 is 56.9. The Morgan fingerprint density at radius 3 is 2.06 bits per heavy atom. The van der Waals surface area contributed by atoms with Gasteiger partial charge in [0.1, 0.15) is 30.5 Å². The lowest BCUT2D eigenvalue weighted by molar-refractivity contribution is -0.301. The Morgan fingerprint density at radius 2 is 1.53 bits per heavy atom. The average molecular weight is 545 g/mol. The number of aliphatic hydroxyl groups excluding tert-OH is 3. The summed E-state index contributed by atoms with van der Waals surface area (Å²) in [5, 5.41) is 29.8. The van der Waals surface area contributed by atoms with Crippen LogP contribution in [-0.2, 0) is 38.3 Å². The summed E-state index contributed by atoms with van der Waals surface area (Å²) >= 11 is 0. The van der Waals surface area contributed by atoms with Gasteiger partial charge in [-0.3, -0.25) is 9.35 Å². The number of carbonyl (C=O) groups is 1. The van der Waals surface area contributed by atoms with Crippen molar-refractivity contribution in [2.45, 2.75) is 115 Å². The normalized spacial score (nSPS) is 25.6. The molecule has 0 aliphatic carbocycles. The molecule has 0 amide bonds. The Kier molecular flexibility index (Phi) is 16.9. The molecule has 0 bridgehead atoms. The van der Waals surface area contributed by atoms with Crippen molar-refractivity contribution in [3.8, 4) is 0 Å². The van der Waals surface area contributed by atoms with Crippen molar-refractivity contribution in [1.82, 2.24) is 0 Å². The smallest absolute Gasteiger partial charge is 0.397 e. The Labute approximate surface area is 214 Å². The molecule has 0 aromatic rings. The SMILES string of the molecule is CCCCCCCCCCCCOCC(COC1OC(CO)C(O)C(OS(=O)(=O)O)C1O)OC(C)=O. The highest BCUT2D eigenvalue weighted by Gasteiger charge is 2.47. The Morgan fingerprint density at radius 1 is 0.944 bits per heavy atom. The number of carbonyl (C=O) groups excluding carboxylic acids is 1. The van der Waals surface area contributed by atoms with Crippen LogP contribution in [0.1, 0.15) is 78.1 Å². The molecular formula is C23H44O12S. The van der Waals surface area contributed by atoms with Gasteiger partial charge in [-0.15, -0.1) is 0 Å². The molecule has 36 heavy (non-hydrogen) atoms.